The summed E-state index contributed by atoms with van der Waals surface area (Å²) in [7, 11) is -2.80. The summed E-state index contributed by atoms with van der Waals surface area (Å²) in [5.41, 5.74) is 2.22. The molecule has 2 aliphatic rings. The van der Waals surface area contributed by atoms with Crippen LogP contribution in [0.3, 0.4) is 0 Å². The number of hydrogen-bond acceptors (Lipinski definition) is 3. The summed E-state index contributed by atoms with van der Waals surface area (Å²) < 4.78 is 22.1. The topological polar surface area (TPSA) is 29.5 Å². The molecule has 0 amide bonds. The molecule has 0 aromatic heterocycles. The summed E-state index contributed by atoms with van der Waals surface area (Å²) in [6.45, 7) is 5.47. The molecular weight excluding hydrogens is 373 g/mol. The second-order valence-corrected chi connectivity index (χ2v) is 10.6. The lowest BCUT2D eigenvalue weighted by Crippen LogP contribution is -2.43. The van der Waals surface area contributed by atoms with Crippen LogP contribution in [0.15, 0.2) is 72.3 Å². The smallest absolute Gasteiger partial charge is 0.195 e. The number of morpholine rings is 1. The molecule has 2 heterocycles. The van der Waals surface area contributed by atoms with Gasteiger partial charge < -0.3 is 4.74 Å². The number of ether oxygens (including phenoxy) is 1. The largest absolute Gasteiger partial charge is 0.373 e. The Balaban J connectivity index is 1.78. The Hall–Kier alpha value is -1.58. The summed E-state index contributed by atoms with van der Waals surface area (Å²) in [5.74, 6) is 3.98. The monoisotopic (exact) mass is 397 g/mol. The molecule has 0 spiro atoms. The minimum absolute atomic E-state index is 0.0799. The van der Waals surface area contributed by atoms with E-state index in [1.165, 1.54) is 0 Å². The molecule has 0 N–H and O–H groups in total. The average Bonchev–Trinajstić information content (AvgIpc) is 2.68. The summed E-state index contributed by atoms with van der Waals surface area (Å²) >= 11 is 1.70. The van der Waals surface area contributed by atoms with Gasteiger partial charge in [0, 0.05) is 34.5 Å². The number of hydrogen-bond donors (Lipinski definition) is 0. The minimum atomic E-state index is -2.80. The van der Waals surface area contributed by atoms with Gasteiger partial charge in [0.2, 0.25) is 0 Å². The highest BCUT2D eigenvalue weighted by molar-refractivity contribution is 8.17. The highest BCUT2D eigenvalue weighted by atomic mass is 32.2. The molecule has 2 unspecified atom stereocenters. The third-order valence-electron chi connectivity index (χ3n) is 4.78. The van der Waals surface area contributed by atoms with Gasteiger partial charge in [0.05, 0.1) is 12.2 Å². The van der Waals surface area contributed by atoms with Crippen LogP contribution in [-0.4, -0.2) is 30.0 Å². The van der Waals surface area contributed by atoms with Gasteiger partial charge in [-0.1, -0.05) is 72.4 Å². The van der Waals surface area contributed by atoms with Crippen LogP contribution in [-0.2, 0) is 9.30 Å². The predicted octanol–water partition coefficient (Wildman–Crippen LogP) is 6.12. The molecule has 2 aromatic carbocycles. The van der Waals surface area contributed by atoms with Crippen LogP contribution < -0.4 is 0 Å². The second-order valence-electron chi connectivity index (χ2n) is 7.12. The van der Waals surface area contributed by atoms with E-state index in [0.29, 0.717) is 13.1 Å². The minimum Gasteiger partial charge on any atom is -0.373 e. The van der Waals surface area contributed by atoms with E-state index in [1.807, 2.05) is 48.0 Å². The lowest BCUT2D eigenvalue weighted by Gasteiger charge is -2.39. The van der Waals surface area contributed by atoms with E-state index < -0.39 is 7.29 Å². The zero-order chi connectivity index (χ0) is 18.9. The van der Waals surface area contributed by atoms with Crippen molar-refractivity contribution >= 4 is 28.9 Å². The number of rotatable bonds is 3. The van der Waals surface area contributed by atoms with Gasteiger partial charge in [0.1, 0.15) is 0 Å². The van der Waals surface area contributed by atoms with Gasteiger partial charge in [-0.15, -0.1) is 0 Å². The van der Waals surface area contributed by atoms with Crippen LogP contribution in [0, 0.1) is 0 Å². The molecule has 1 saturated heterocycles. The van der Waals surface area contributed by atoms with Crippen molar-refractivity contribution in [2.45, 2.75) is 26.1 Å². The van der Waals surface area contributed by atoms with E-state index in [9.17, 15) is 4.57 Å². The van der Waals surface area contributed by atoms with Crippen molar-refractivity contribution in [3.8, 4) is 0 Å². The van der Waals surface area contributed by atoms with Gasteiger partial charge in [-0.2, -0.15) is 0 Å². The summed E-state index contributed by atoms with van der Waals surface area (Å²) in [6, 6.07) is 20.5. The van der Waals surface area contributed by atoms with E-state index in [-0.39, 0.29) is 12.2 Å². The summed E-state index contributed by atoms with van der Waals surface area (Å²) in [4.78, 5) is 2.12. The van der Waals surface area contributed by atoms with Crippen molar-refractivity contribution in [2.75, 3.05) is 13.1 Å². The molecule has 0 saturated carbocycles. The van der Waals surface area contributed by atoms with Gasteiger partial charge in [-0.25, -0.2) is 4.67 Å². The van der Waals surface area contributed by atoms with Gasteiger partial charge in [-0.3, -0.25) is 4.57 Å². The molecule has 4 rings (SSSR count). The van der Waals surface area contributed by atoms with Crippen LogP contribution in [0.1, 0.15) is 25.0 Å². The Morgan fingerprint density at radius 2 is 1.30 bits per heavy atom. The molecule has 2 aromatic rings. The Kier molecular flexibility index (Phi) is 5.43. The fourth-order valence-electron chi connectivity index (χ4n) is 3.59. The Morgan fingerprint density at radius 1 is 0.852 bits per heavy atom. The van der Waals surface area contributed by atoms with Crippen LogP contribution >= 0.6 is 19.1 Å². The van der Waals surface area contributed by atoms with Crippen molar-refractivity contribution in [3.05, 3.63) is 83.4 Å². The Morgan fingerprint density at radius 3 is 1.74 bits per heavy atom. The number of thioether (sulfide) groups is 1. The quantitative estimate of drug-likeness (QED) is 0.584. The zero-order valence-corrected chi connectivity index (χ0v) is 17.3. The van der Waals surface area contributed by atoms with Gasteiger partial charge >= 0.3 is 0 Å². The normalized spacial score (nSPS) is 25.6. The fraction of sp³-hybridized carbons (Fsp3) is 0.273. The van der Waals surface area contributed by atoms with Crippen molar-refractivity contribution in [1.29, 1.82) is 0 Å². The molecule has 27 heavy (non-hydrogen) atoms. The second kappa shape index (κ2) is 7.81. The molecule has 3 nitrogen and oxygen atoms in total. The van der Waals surface area contributed by atoms with Gasteiger partial charge in [0.25, 0.3) is 0 Å². The van der Waals surface area contributed by atoms with Crippen LogP contribution in [0.5, 0.6) is 0 Å². The SMILES string of the molecule is CC1CN(P2(=O)C=C(c3ccccc3)SC(c3ccccc3)=C2)CC(C)O1. The average molecular weight is 397 g/mol. The van der Waals surface area contributed by atoms with Crippen molar-refractivity contribution in [1.82, 2.24) is 4.67 Å². The molecule has 0 radical (unpaired) electrons. The summed E-state index contributed by atoms with van der Waals surface area (Å²) in [6.07, 6.45) is 0.160. The molecule has 0 bridgehead atoms. The third kappa shape index (κ3) is 4.14. The van der Waals surface area contributed by atoms with Crippen molar-refractivity contribution in [2.24, 2.45) is 0 Å². The van der Waals surface area contributed by atoms with E-state index >= 15 is 0 Å². The lowest BCUT2D eigenvalue weighted by atomic mass is 10.2. The number of nitrogens with zero attached hydrogens (tertiary/aromatic N) is 1. The molecule has 5 heteroatoms. The maximum atomic E-state index is 14.2. The first kappa shape index (κ1) is 18.8. The zero-order valence-electron chi connectivity index (χ0n) is 15.6. The van der Waals surface area contributed by atoms with E-state index in [2.05, 4.69) is 42.8 Å². The first-order valence-electron chi connectivity index (χ1n) is 9.28. The molecule has 0 aliphatic carbocycles. The Labute approximate surface area is 165 Å². The molecule has 140 valence electrons. The first-order valence-corrected chi connectivity index (χ1v) is 11.9. The third-order valence-corrected chi connectivity index (χ3v) is 8.75. The molecular formula is C22H24NO2PS. The first-order chi connectivity index (χ1) is 13.0. The number of benzene rings is 2. The standard InChI is InChI=1S/C22H24NO2PS/c1-17-13-23(14-18(2)25-17)26(24)15-21(19-9-5-3-6-10-19)27-22(16-26)20-11-7-4-8-12-20/h3-12,15-18H,13-14H2,1-2H3. The van der Waals surface area contributed by atoms with E-state index in [0.717, 1.165) is 20.9 Å². The highest BCUT2D eigenvalue weighted by Gasteiger charge is 2.36. The fourth-order valence-corrected chi connectivity index (χ4v) is 8.00. The predicted molar refractivity (Wildman–Crippen MR) is 116 cm³/mol. The van der Waals surface area contributed by atoms with Crippen molar-refractivity contribution in [3.63, 3.8) is 0 Å². The Bertz CT molecular complexity index is 841. The lowest BCUT2D eigenvalue weighted by molar-refractivity contribution is -0.0442. The van der Waals surface area contributed by atoms with Crippen LogP contribution in [0.2, 0.25) is 0 Å². The molecule has 1 fully saturated rings. The van der Waals surface area contributed by atoms with Gasteiger partial charge in [-0.05, 0) is 25.0 Å². The van der Waals surface area contributed by atoms with Crippen molar-refractivity contribution < 1.29 is 9.30 Å². The molecule has 2 aliphatic heterocycles. The van der Waals surface area contributed by atoms with Crippen LogP contribution in [0.25, 0.3) is 9.81 Å². The van der Waals surface area contributed by atoms with Gasteiger partial charge in [0.15, 0.2) is 7.29 Å². The van der Waals surface area contributed by atoms with E-state index in [1.54, 1.807) is 11.8 Å². The highest BCUT2D eigenvalue weighted by Crippen LogP contribution is 2.63. The van der Waals surface area contributed by atoms with E-state index in [4.69, 9.17) is 4.74 Å². The maximum absolute atomic E-state index is 14.2. The maximum Gasteiger partial charge on any atom is 0.195 e. The van der Waals surface area contributed by atoms with Crippen LogP contribution in [0.4, 0.5) is 0 Å². The summed E-state index contributed by atoms with van der Waals surface area (Å²) in [5, 5.41) is 0. The molecule has 2 atom stereocenters.